The quantitative estimate of drug-likeness (QED) is 0.803. The molecule has 3 rings (SSSR count). The van der Waals surface area contributed by atoms with Gasteiger partial charge in [0.15, 0.2) is 0 Å². The predicted octanol–water partition coefficient (Wildman–Crippen LogP) is 3.79. The summed E-state index contributed by atoms with van der Waals surface area (Å²) in [6, 6.07) is 13.9. The lowest BCUT2D eigenvalue weighted by Crippen LogP contribution is -2.47. The highest BCUT2D eigenvalue weighted by atomic mass is 32.2. The smallest absolute Gasteiger partial charge is 0.251 e. The molecule has 0 unspecified atom stereocenters. The van der Waals surface area contributed by atoms with E-state index in [9.17, 15) is 14.0 Å². The third-order valence-corrected chi connectivity index (χ3v) is 5.85. The molecule has 0 aliphatic carbocycles. The molecule has 0 radical (unpaired) electrons. The molecule has 1 fully saturated rings. The summed E-state index contributed by atoms with van der Waals surface area (Å²) in [6.07, 6.45) is 1.47. The molecule has 6 heteroatoms. The summed E-state index contributed by atoms with van der Waals surface area (Å²) in [5, 5.41) is 2.98. The van der Waals surface area contributed by atoms with Crippen LogP contribution in [0.5, 0.6) is 0 Å². The number of rotatable bonds is 6. The third-order valence-electron chi connectivity index (χ3n) is 4.87. The highest BCUT2D eigenvalue weighted by molar-refractivity contribution is 7.99. The van der Waals surface area contributed by atoms with Gasteiger partial charge in [-0.1, -0.05) is 29.8 Å². The van der Waals surface area contributed by atoms with Crippen molar-refractivity contribution in [2.75, 3.05) is 18.8 Å². The monoisotopic (exact) mass is 400 g/mol. The Labute approximate surface area is 169 Å². The Morgan fingerprint density at radius 1 is 1.14 bits per heavy atom. The van der Waals surface area contributed by atoms with E-state index in [-0.39, 0.29) is 23.7 Å². The minimum Gasteiger partial charge on any atom is -0.349 e. The molecule has 28 heavy (non-hydrogen) atoms. The van der Waals surface area contributed by atoms with Gasteiger partial charge < -0.3 is 10.2 Å². The molecule has 1 aliphatic heterocycles. The molecule has 0 atom stereocenters. The lowest BCUT2D eigenvalue weighted by atomic mass is 10.0. The van der Waals surface area contributed by atoms with Gasteiger partial charge in [-0.3, -0.25) is 9.59 Å². The number of amides is 2. The second-order valence-electron chi connectivity index (χ2n) is 7.12. The minimum atomic E-state index is -0.358. The molecular formula is C22H25FN2O2S. The molecular weight excluding hydrogens is 375 g/mol. The first-order valence-corrected chi connectivity index (χ1v) is 10.6. The van der Waals surface area contributed by atoms with Gasteiger partial charge >= 0.3 is 0 Å². The molecule has 1 N–H and O–H groups in total. The molecule has 1 heterocycles. The van der Waals surface area contributed by atoms with Crippen LogP contribution >= 0.6 is 11.8 Å². The van der Waals surface area contributed by atoms with Gasteiger partial charge in [0, 0.05) is 30.4 Å². The number of nitrogens with one attached hydrogen (secondary N) is 1. The topological polar surface area (TPSA) is 49.4 Å². The van der Waals surface area contributed by atoms with E-state index >= 15 is 0 Å². The van der Waals surface area contributed by atoms with E-state index in [2.05, 4.69) is 30.4 Å². The summed E-state index contributed by atoms with van der Waals surface area (Å²) >= 11 is 1.64. The lowest BCUT2D eigenvalue weighted by Gasteiger charge is -2.32. The van der Waals surface area contributed by atoms with Crippen LogP contribution in [0, 0.1) is 12.7 Å². The Balaban J connectivity index is 1.38. The van der Waals surface area contributed by atoms with Gasteiger partial charge in [0.2, 0.25) is 5.91 Å². The van der Waals surface area contributed by atoms with Crippen molar-refractivity contribution in [2.24, 2.45) is 0 Å². The van der Waals surface area contributed by atoms with Crippen molar-refractivity contribution in [1.82, 2.24) is 10.2 Å². The number of aryl methyl sites for hydroxylation is 1. The molecule has 1 aliphatic rings. The number of carbonyl (C=O) groups is 2. The van der Waals surface area contributed by atoms with E-state index in [1.165, 1.54) is 35.4 Å². The Kier molecular flexibility index (Phi) is 7.09. The van der Waals surface area contributed by atoms with E-state index in [0.717, 1.165) is 18.6 Å². The number of carbonyl (C=O) groups excluding carboxylic acids is 2. The lowest BCUT2D eigenvalue weighted by molar-refractivity contribution is -0.129. The molecule has 2 aromatic rings. The first-order valence-electron chi connectivity index (χ1n) is 9.49. The molecule has 0 spiro atoms. The minimum absolute atomic E-state index is 0.0431. The number of thioether (sulfide) groups is 1. The normalized spacial score (nSPS) is 14.7. The fourth-order valence-corrected chi connectivity index (χ4v) is 4.17. The van der Waals surface area contributed by atoms with Gasteiger partial charge in [0.05, 0.1) is 5.75 Å². The average Bonchev–Trinajstić information content (AvgIpc) is 2.69. The number of piperidine rings is 1. The highest BCUT2D eigenvalue weighted by Crippen LogP contribution is 2.17. The summed E-state index contributed by atoms with van der Waals surface area (Å²) in [5.41, 5.74) is 2.92. The van der Waals surface area contributed by atoms with E-state index in [1.807, 2.05) is 11.0 Å². The number of likely N-dealkylation sites (tertiary alicyclic amines) is 1. The Morgan fingerprint density at radius 2 is 1.86 bits per heavy atom. The van der Waals surface area contributed by atoms with E-state index in [1.54, 1.807) is 11.8 Å². The van der Waals surface area contributed by atoms with Crippen LogP contribution in [0.25, 0.3) is 0 Å². The van der Waals surface area contributed by atoms with Crippen molar-refractivity contribution in [3.63, 3.8) is 0 Å². The van der Waals surface area contributed by atoms with Crippen LogP contribution in [-0.4, -0.2) is 41.6 Å². The van der Waals surface area contributed by atoms with E-state index < -0.39 is 0 Å². The van der Waals surface area contributed by atoms with Crippen LogP contribution in [0.15, 0.2) is 48.5 Å². The largest absolute Gasteiger partial charge is 0.349 e. The molecule has 1 saturated heterocycles. The number of nitrogens with zero attached hydrogens (tertiary/aromatic N) is 1. The van der Waals surface area contributed by atoms with Crippen molar-refractivity contribution >= 4 is 23.6 Å². The van der Waals surface area contributed by atoms with Gasteiger partial charge in [-0.2, -0.15) is 0 Å². The standard InChI is InChI=1S/C22H25FN2O2S/c1-16-3-2-4-17(13-16)14-28-15-21(26)25-11-9-20(10-12-25)24-22(27)18-5-7-19(23)8-6-18/h2-8,13,20H,9-12,14-15H2,1H3,(H,24,27). The van der Waals surface area contributed by atoms with Crippen LogP contribution in [-0.2, 0) is 10.5 Å². The van der Waals surface area contributed by atoms with Crippen molar-refractivity contribution in [1.29, 1.82) is 0 Å². The molecule has 0 aromatic heterocycles. The third kappa shape index (κ3) is 5.83. The summed E-state index contributed by atoms with van der Waals surface area (Å²) in [6.45, 7) is 3.37. The summed E-state index contributed by atoms with van der Waals surface area (Å²) in [5.74, 6) is 0.904. The average molecular weight is 401 g/mol. The zero-order valence-corrected chi connectivity index (χ0v) is 16.8. The first-order chi connectivity index (χ1) is 13.5. The maximum atomic E-state index is 13.0. The molecule has 2 aromatic carbocycles. The van der Waals surface area contributed by atoms with Gasteiger partial charge in [-0.15, -0.1) is 11.8 Å². The SMILES string of the molecule is Cc1cccc(CSCC(=O)N2CCC(NC(=O)c3ccc(F)cc3)CC2)c1. The molecule has 148 valence electrons. The Morgan fingerprint density at radius 3 is 2.54 bits per heavy atom. The molecule has 4 nitrogen and oxygen atoms in total. The number of hydrogen-bond donors (Lipinski definition) is 1. The maximum Gasteiger partial charge on any atom is 0.251 e. The number of hydrogen-bond acceptors (Lipinski definition) is 3. The van der Waals surface area contributed by atoms with Crippen LogP contribution in [0.2, 0.25) is 0 Å². The maximum absolute atomic E-state index is 13.0. The van der Waals surface area contributed by atoms with Crippen LogP contribution in [0.4, 0.5) is 4.39 Å². The van der Waals surface area contributed by atoms with Gasteiger partial charge in [0.1, 0.15) is 5.82 Å². The number of benzene rings is 2. The van der Waals surface area contributed by atoms with Crippen LogP contribution < -0.4 is 5.32 Å². The van der Waals surface area contributed by atoms with Crippen molar-refractivity contribution in [3.8, 4) is 0 Å². The van der Waals surface area contributed by atoms with E-state index in [0.29, 0.717) is 24.4 Å². The second-order valence-corrected chi connectivity index (χ2v) is 8.10. The van der Waals surface area contributed by atoms with Crippen molar-refractivity contribution in [3.05, 3.63) is 71.0 Å². The predicted molar refractivity (Wildman–Crippen MR) is 111 cm³/mol. The van der Waals surface area contributed by atoms with E-state index in [4.69, 9.17) is 0 Å². The number of halogens is 1. The first kappa shape index (κ1) is 20.4. The fourth-order valence-electron chi connectivity index (χ4n) is 3.29. The second kappa shape index (κ2) is 9.73. The van der Waals surface area contributed by atoms with Crippen molar-refractivity contribution in [2.45, 2.75) is 31.6 Å². The zero-order valence-electron chi connectivity index (χ0n) is 16.0. The van der Waals surface area contributed by atoms with Crippen LogP contribution in [0.1, 0.15) is 34.3 Å². The molecule has 0 bridgehead atoms. The fraction of sp³-hybridized carbons (Fsp3) is 0.364. The van der Waals surface area contributed by atoms with Crippen molar-refractivity contribution < 1.29 is 14.0 Å². The van der Waals surface area contributed by atoms with Gasteiger partial charge in [0.25, 0.3) is 5.91 Å². The molecule has 0 saturated carbocycles. The summed E-state index contributed by atoms with van der Waals surface area (Å²) in [4.78, 5) is 26.5. The Hall–Kier alpha value is -2.34. The summed E-state index contributed by atoms with van der Waals surface area (Å²) in [7, 11) is 0. The Bertz CT molecular complexity index is 818. The molecule has 2 amide bonds. The van der Waals surface area contributed by atoms with Gasteiger partial charge in [-0.25, -0.2) is 4.39 Å². The zero-order chi connectivity index (χ0) is 19.9. The summed E-state index contributed by atoms with van der Waals surface area (Å²) < 4.78 is 13.0. The van der Waals surface area contributed by atoms with Crippen LogP contribution in [0.3, 0.4) is 0 Å². The van der Waals surface area contributed by atoms with Gasteiger partial charge in [-0.05, 0) is 49.6 Å². The highest BCUT2D eigenvalue weighted by Gasteiger charge is 2.24.